The van der Waals surface area contributed by atoms with Gasteiger partial charge in [0.1, 0.15) is 5.75 Å². The molecule has 3 rings (SSSR count). The second-order valence-corrected chi connectivity index (χ2v) is 7.95. The summed E-state index contributed by atoms with van der Waals surface area (Å²) in [5, 5.41) is 3.95. The minimum Gasteiger partial charge on any atom is -0.494 e. The van der Waals surface area contributed by atoms with Crippen LogP contribution in [0.2, 0.25) is 5.02 Å². The third-order valence-corrected chi connectivity index (χ3v) is 5.33. The van der Waals surface area contributed by atoms with Gasteiger partial charge in [-0.15, -0.1) is 0 Å². The number of nitrogens with one attached hydrogen (secondary N) is 1. The first-order valence-corrected chi connectivity index (χ1v) is 10.4. The van der Waals surface area contributed by atoms with E-state index in [9.17, 15) is 4.79 Å². The minimum atomic E-state index is 0.129. The second-order valence-electron chi connectivity index (χ2n) is 7.51. The number of benzene rings is 2. The van der Waals surface area contributed by atoms with Crippen molar-refractivity contribution >= 4 is 17.5 Å². The van der Waals surface area contributed by atoms with Gasteiger partial charge in [-0.05, 0) is 61.6 Å². The van der Waals surface area contributed by atoms with Crippen LogP contribution in [0.3, 0.4) is 0 Å². The molecule has 5 heteroatoms. The second kappa shape index (κ2) is 10.5. The Balaban J connectivity index is 1.29. The third kappa shape index (κ3) is 6.84. The molecule has 4 nitrogen and oxygen atoms in total. The largest absolute Gasteiger partial charge is 0.494 e. The standard InChI is InChI=1S/C23H29ClN2O2/c1-18-4-2-5-22(16-18)28-15-3-6-23(27)25-21-11-13-26(14-12-21)17-19-7-9-20(24)10-8-19/h2,4-5,7-10,16,21H,3,6,11-15,17H2,1H3,(H,25,27). The number of ether oxygens (including phenoxy) is 1. The first kappa shape index (κ1) is 20.7. The molecule has 0 spiro atoms. The van der Waals surface area contributed by atoms with Crippen LogP contribution in [-0.2, 0) is 11.3 Å². The highest BCUT2D eigenvalue weighted by molar-refractivity contribution is 6.30. The molecule has 2 aromatic rings. The zero-order valence-electron chi connectivity index (χ0n) is 16.5. The Morgan fingerprint density at radius 1 is 1.18 bits per heavy atom. The van der Waals surface area contributed by atoms with Crippen LogP contribution in [0.25, 0.3) is 0 Å². The van der Waals surface area contributed by atoms with Gasteiger partial charge in [0.25, 0.3) is 0 Å². The third-order valence-electron chi connectivity index (χ3n) is 5.08. The van der Waals surface area contributed by atoms with E-state index >= 15 is 0 Å². The Kier molecular flexibility index (Phi) is 7.75. The lowest BCUT2D eigenvalue weighted by Crippen LogP contribution is -2.44. The molecule has 0 aromatic heterocycles. The quantitative estimate of drug-likeness (QED) is 0.659. The van der Waals surface area contributed by atoms with Crippen LogP contribution in [0.15, 0.2) is 48.5 Å². The number of carbonyl (C=O) groups is 1. The monoisotopic (exact) mass is 400 g/mol. The van der Waals surface area contributed by atoms with Crippen molar-refractivity contribution < 1.29 is 9.53 Å². The van der Waals surface area contributed by atoms with Crippen LogP contribution < -0.4 is 10.1 Å². The predicted molar refractivity (Wildman–Crippen MR) is 114 cm³/mol. The Hall–Kier alpha value is -2.04. The highest BCUT2D eigenvalue weighted by Gasteiger charge is 2.20. The summed E-state index contributed by atoms with van der Waals surface area (Å²) in [5.41, 5.74) is 2.46. The van der Waals surface area contributed by atoms with Crippen molar-refractivity contribution in [3.63, 3.8) is 0 Å². The molecule has 0 atom stereocenters. The molecule has 0 saturated carbocycles. The Morgan fingerprint density at radius 2 is 1.93 bits per heavy atom. The average Bonchev–Trinajstić information content (AvgIpc) is 2.69. The van der Waals surface area contributed by atoms with Crippen LogP contribution >= 0.6 is 11.6 Å². The molecule has 1 saturated heterocycles. The number of piperidine rings is 1. The number of hydrogen-bond donors (Lipinski definition) is 1. The van der Waals surface area contributed by atoms with Crippen molar-refractivity contribution in [1.29, 1.82) is 0 Å². The lowest BCUT2D eigenvalue weighted by Gasteiger charge is -2.32. The number of rotatable bonds is 8. The Labute approximate surface area is 172 Å². The van der Waals surface area contributed by atoms with E-state index in [1.807, 2.05) is 43.3 Å². The van der Waals surface area contributed by atoms with Gasteiger partial charge in [-0.3, -0.25) is 9.69 Å². The molecule has 0 radical (unpaired) electrons. The fraction of sp³-hybridized carbons (Fsp3) is 0.435. The summed E-state index contributed by atoms with van der Waals surface area (Å²) in [6.45, 7) is 5.56. The lowest BCUT2D eigenvalue weighted by atomic mass is 10.0. The predicted octanol–water partition coefficient (Wildman–Crippen LogP) is 4.59. The fourth-order valence-electron chi connectivity index (χ4n) is 3.51. The molecule has 150 valence electrons. The lowest BCUT2D eigenvalue weighted by molar-refractivity contribution is -0.122. The summed E-state index contributed by atoms with van der Waals surface area (Å²) < 4.78 is 5.71. The Morgan fingerprint density at radius 3 is 2.64 bits per heavy atom. The van der Waals surface area contributed by atoms with Crippen LogP contribution in [0.5, 0.6) is 5.75 Å². The van der Waals surface area contributed by atoms with Gasteiger partial charge in [0.05, 0.1) is 6.61 Å². The summed E-state index contributed by atoms with van der Waals surface area (Å²) in [4.78, 5) is 14.6. The topological polar surface area (TPSA) is 41.6 Å². The highest BCUT2D eigenvalue weighted by atomic mass is 35.5. The van der Waals surface area contributed by atoms with Crippen molar-refractivity contribution in [2.45, 2.75) is 45.2 Å². The van der Waals surface area contributed by atoms with Gasteiger partial charge in [0.15, 0.2) is 0 Å². The number of nitrogens with zero attached hydrogens (tertiary/aromatic N) is 1. The first-order valence-electron chi connectivity index (χ1n) is 10.0. The van der Waals surface area contributed by atoms with Crippen molar-refractivity contribution in [2.75, 3.05) is 19.7 Å². The summed E-state index contributed by atoms with van der Waals surface area (Å²) in [7, 11) is 0. The molecule has 1 N–H and O–H groups in total. The highest BCUT2D eigenvalue weighted by Crippen LogP contribution is 2.16. The molecule has 0 unspecified atom stereocenters. The maximum atomic E-state index is 12.2. The number of amides is 1. The molecule has 1 aliphatic heterocycles. The van der Waals surface area contributed by atoms with Crippen LogP contribution in [-0.4, -0.2) is 36.5 Å². The summed E-state index contributed by atoms with van der Waals surface area (Å²) in [6, 6.07) is 16.3. The van der Waals surface area contributed by atoms with Crippen molar-refractivity contribution in [1.82, 2.24) is 10.2 Å². The summed E-state index contributed by atoms with van der Waals surface area (Å²) in [5.74, 6) is 0.998. The van der Waals surface area contributed by atoms with E-state index in [4.69, 9.17) is 16.3 Å². The SMILES string of the molecule is Cc1cccc(OCCCC(=O)NC2CCN(Cc3ccc(Cl)cc3)CC2)c1. The zero-order chi connectivity index (χ0) is 19.8. The van der Waals surface area contributed by atoms with E-state index in [-0.39, 0.29) is 11.9 Å². The molecular formula is C23H29ClN2O2. The molecule has 1 fully saturated rings. The van der Waals surface area contributed by atoms with Gasteiger partial charge in [0.2, 0.25) is 5.91 Å². The first-order chi connectivity index (χ1) is 13.6. The number of halogens is 1. The smallest absolute Gasteiger partial charge is 0.220 e. The van der Waals surface area contributed by atoms with E-state index in [2.05, 4.69) is 22.3 Å². The summed E-state index contributed by atoms with van der Waals surface area (Å²) >= 11 is 5.94. The number of carbonyl (C=O) groups excluding carboxylic acids is 1. The zero-order valence-corrected chi connectivity index (χ0v) is 17.3. The molecule has 0 aliphatic carbocycles. The number of aryl methyl sites for hydroxylation is 1. The molecule has 2 aromatic carbocycles. The maximum Gasteiger partial charge on any atom is 0.220 e. The van der Waals surface area contributed by atoms with E-state index < -0.39 is 0 Å². The minimum absolute atomic E-state index is 0.129. The van der Waals surface area contributed by atoms with Crippen LogP contribution in [0.1, 0.15) is 36.8 Å². The maximum absolute atomic E-state index is 12.2. The van der Waals surface area contributed by atoms with E-state index in [1.165, 1.54) is 11.1 Å². The van der Waals surface area contributed by atoms with Gasteiger partial charge >= 0.3 is 0 Å². The molecule has 1 heterocycles. The van der Waals surface area contributed by atoms with Crippen molar-refractivity contribution in [2.24, 2.45) is 0 Å². The number of hydrogen-bond acceptors (Lipinski definition) is 3. The van der Waals surface area contributed by atoms with Crippen LogP contribution in [0.4, 0.5) is 0 Å². The molecule has 28 heavy (non-hydrogen) atoms. The fourth-order valence-corrected chi connectivity index (χ4v) is 3.64. The van der Waals surface area contributed by atoms with E-state index in [1.54, 1.807) is 0 Å². The number of likely N-dealkylation sites (tertiary alicyclic amines) is 1. The van der Waals surface area contributed by atoms with E-state index in [0.29, 0.717) is 13.0 Å². The molecule has 1 aliphatic rings. The molecule has 0 bridgehead atoms. The van der Waals surface area contributed by atoms with Gasteiger partial charge in [-0.1, -0.05) is 35.9 Å². The average molecular weight is 401 g/mol. The molecular weight excluding hydrogens is 372 g/mol. The van der Waals surface area contributed by atoms with Crippen molar-refractivity contribution in [3.8, 4) is 5.75 Å². The van der Waals surface area contributed by atoms with Gasteiger partial charge < -0.3 is 10.1 Å². The molecule has 1 amide bonds. The van der Waals surface area contributed by atoms with Gasteiger partial charge in [-0.25, -0.2) is 0 Å². The normalized spacial score (nSPS) is 15.4. The van der Waals surface area contributed by atoms with Gasteiger partial charge in [-0.2, -0.15) is 0 Å². The van der Waals surface area contributed by atoms with Gasteiger partial charge in [0, 0.05) is 37.1 Å². The van der Waals surface area contributed by atoms with Crippen LogP contribution in [0, 0.1) is 6.92 Å². The summed E-state index contributed by atoms with van der Waals surface area (Å²) in [6.07, 6.45) is 3.24. The Bertz CT molecular complexity index is 755. The van der Waals surface area contributed by atoms with E-state index in [0.717, 1.165) is 49.7 Å². The van der Waals surface area contributed by atoms with Crippen molar-refractivity contribution in [3.05, 3.63) is 64.7 Å².